The van der Waals surface area contributed by atoms with E-state index in [9.17, 15) is 0 Å². The van der Waals surface area contributed by atoms with Gasteiger partial charge in [-0.15, -0.1) is 0 Å². The van der Waals surface area contributed by atoms with Crippen LogP contribution in [0.5, 0.6) is 0 Å². The van der Waals surface area contributed by atoms with Gasteiger partial charge in [-0.05, 0) is 130 Å². The second-order valence-electron chi connectivity index (χ2n) is 17.8. The Hall–Kier alpha value is -8.14. The van der Waals surface area contributed by atoms with E-state index in [0.29, 0.717) is 0 Å². The molecule has 0 radical (unpaired) electrons. The number of hydrogen-bond donors (Lipinski definition) is 0. The predicted octanol–water partition coefficient (Wildman–Crippen LogP) is 16.5. The highest BCUT2D eigenvalue weighted by molar-refractivity contribution is 6.12. The first-order valence-corrected chi connectivity index (χ1v) is 22.3. The Balaban J connectivity index is 0.994. The van der Waals surface area contributed by atoms with Crippen molar-refractivity contribution >= 4 is 71.4 Å². The number of nitrogens with zero attached hydrogens (tertiary/aromatic N) is 3. The first-order chi connectivity index (χ1) is 31.5. The second kappa shape index (κ2) is 13.9. The van der Waals surface area contributed by atoms with Crippen LogP contribution in [0.15, 0.2) is 224 Å². The van der Waals surface area contributed by atoms with Gasteiger partial charge in [0, 0.05) is 43.7 Å². The minimum atomic E-state index is -0.321. The largest absolute Gasteiger partial charge is 0.309 e. The highest BCUT2D eigenvalue weighted by Gasteiger charge is 2.38. The summed E-state index contributed by atoms with van der Waals surface area (Å²) in [6.07, 6.45) is 0. The van der Waals surface area contributed by atoms with Gasteiger partial charge in [0.15, 0.2) is 0 Å². The van der Waals surface area contributed by atoms with E-state index >= 15 is 0 Å². The normalized spacial score (nSPS) is 13.2. The highest BCUT2D eigenvalue weighted by Crippen LogP contribution is 2.54. The minimum Gasteiger partial charge on any atom is -0.309 e. The van der Waals surface area contributed by atoms with E-state index in [2.05, 4.69) is 252 Å². The molecule has 0 amide bonds. The molecule has 2 aromatic heterocycles. The predicted molar refractivity (Wildman–Crippen MR) is 270 cm³/mol. The van der Waals surface area contributed by atoms with Crippen molar-refractivity contribution in [2.45, 2.75) is 19.3 Å². The fourth-order valence-electron chi connectivity index (χ4n) is 10.8. The average molecular weight is 818 g/mol. The zero-order valence-electron chi connectivity index (χ0n) is 35.7. The van der Waals surface area contributed by atoms with E-state index in [1.165, 1.54) is 116 Å². The fraction of sp³-hybridized carbons (Fsp3) is 0.0492. The number of benzene rings is 10. The lowest BCUT2D eigenvalue weighted by Crippen LogP contribution is -2.30. The molecular weight excluding hydrogens is 775 g/mol. The number of para-hydroxylation sites is 4. The standard InChI is InChI=1S/C61H43N3/c1-61(2)52-38-43(41-28-32-57-50(36-41)48-23-11-13-25-55(48)62(57)45-18-5-3-6-19-45)30-34-59(52)64(54-27-15-17-40-16-9-10-22-47(40)54)60-35-31-44(39-53(60)61)42-29-33-58-51(37-42)49-24-12-14-26-56(49)63(58)46-20-7-4-8-21-46/h3-39H,1-2H3. The number of anilines is 3. The van der Waals surface area contributed by atoms with Crippen LogP contribution in [-0.4, -0.2) is 9.13 Å². The average Bonchev–Trinajstić information content (AvgIpc) is 3.87. The maximum absolute atomic E-state index is 2.51. The van der Waals surface area contributed by atoms with Crippen molar-refractivity contribution in [3.8, 4) is 33.6 Å². The van der Waals surface area contributed by atoms with Crippen molar-refractivity contribution in [3.05, 3.63) is 236 Å². The van der Waals surface area contributed by atoms with Crippen LogP contribution in [0.3, 0.4) is 0 Å². The molecule has 0 unspecified atom stereocenters. The quantitative estimate of drug-likeness (QED) is 0.169. The van der Waals surface area contributed by atoms with Crippen LogP contribution in [0.1, 0.15) is 25.0 Å². The number of hydrogen-bond acceptors (Lipinski definition) is 1. The third kappa shape index (κ3) is 5.41. The zero-order chi connectivity index (χ0) is 42.5. The summed E-state index contributed by atoms with van der Waals surface area (Å²) in [5.41, 5.74) is 17.9. The minimum absolute atomic E-state index is 0.321. The molecule has 10 aromatic carbocycles. The van der Waals surface area contributed by atoms with E-state index in [4.69, 9.17) is 0 Å². The summed E-state index contributed by atoms with van der Waals surface area (Å²) in [7, 11) is 0. The second-order valence-corrected chi connectivity index (χ2v) is 17.8. The summed E-state index contributed by atoms with van der Waals surface area (Å²) in [5, 5.41) is 7.48. The third-order valence-corrected chi connectivity index (χ3v) is 13.9. The first kappa shape index (κ1) is 36.5. The molecule has 13 rings (SSSR count). The molecule has 0 atom stereocenters. The molecule has 0 spiro atoms. The maximum atomic E-state index is 2.51. The van der Waals surface area contributed by atoms with Crippen molar-refractivity contribution in [2.75, 3.05) is 4.90 Å². The maximum Gasteiger partial charge on any atom is 0.0541 e. The molecule has 0 aliphatic carbocycles. The van der Waals surface area contributed by atoms with Crippen molar-refractivity contribution in [1.82, 2.24) is 9.13 Å². The van der Waals surface area contributed by atoms with Gasteiger partial charge in [0.05, 0.1) is 39.1 Å². The van der Waals surface area contributed by atoms with Gasteiger partial charge >= 0.3 is 0 Å². The van der Waals surface area contributed by atoms with Gasteiger partial charge in [0.1, 0.15) is 0 Å². The van der Waals surface area contributed by atoms with Gasteiger partial charge in [-0.3, -0.25) is 0 Å². The van der Waals surface area contributed by atoms with Crippen LogP contribution in [0.2, 0.25) is 0 Å². The molecule has 64 heavy (non-hydrogen) atoms. The zero-order valence-corrected chi connectivity index (χ0v) is 35.7. The van der Waals surface area contributed by atoms with E-state index in [-0.39, 0.29) is 5.41 Å². The lowest BCUT2D eigenvalue weighted by atomic mass is 9.72. The summed E-state index contributed by atoms with van der Waals surface area (Å²) >= 11 is 0. The van der Waals surface area contributed by atoms with Gasteiger partial charge in [0.25, 0.3) is 0 Å². The van der Waals surface area contributed by atoms with Crippen LogP contribution in [0.4, 0.5) is 17.1 Å². The Labute approximate surface area is 372 Å². The molecule has 0 saturated heterocycles. The molecule has 0 fully saturated rings. The van der Waals surface area contributed by atoms with Gasteiger partial charge in [-0.1, -0.05) is 147 Å². The summed E-state index contributed by atoms with van der Waals surface area (Å²) < 4.78 is 4.78. The van der Waals surface area contributed by atoms with Crippen LogP contribution >= 0.6 is 0 Å². The molecule has 1 aliphatic rings. The molecule has 3 nitrogen and oxygen atoms in total. The topological polar surface area (TPSA) is 13.1 Å². The van der Waals surface area contributed by atoms with Crippen molar-refractivity contribution in [1.29, 1.82) is 0 Å². The van der Waals surface area contributed by atoms with E-state index < -0.39 is 0 Å². The van der Waals surface area contributed by atoms with Crippen molar-refractivity contribution < 1.29 is 0 Å². The Morgan fingerprint density at radius 1 is 0.297 bits per heavy atom. The Kier molecular flexibility index (Phi) is 7.95. The SMILES string of the molecule is CC1(C)c2cc(-c3ccc4c(c3)c3ccccc3n4-c3ccccc3)ccc2N(c2cccc3ccccc23)c2ccc(-c3ccc4c(c3)c3ccccc3n4-c3ccccc3)cc21. The molecule has 1 aliphatic heterocycles. The highest BCUT2D eigenvalue weighted by atomic mass is 15.2. The Morgan fingerprint density at radius 2 is 0.703 bits per heavy atom. The van der Waals surface area contributed by atoms with Gasteiger partial charge in [0.2, 0.25) is 0 Å². The Morgan fingerprint density at radius 3 is 1.23 bits per heavy atom. The van der Waals surface area contributed by atoms with E-state index in [0.717, 1.165) is 0 Å². The smallest absolute Gasteiger partial charge is 0.0541 e. The fourth-order valence-corrected chi connectivity index (χ4v) is 10.8. The summed E-state index contributed by atoms with van der Waals surface area (Å²) in [6, 6.07) is 82.7. The van der Waals surface area contributed by atoms with Crippen LogP contribution < -0.4 is 4.90 Å². The lowest BCUT2D eigenvalue weighted by Gasteiger charge is -2.43. The summed E-state index contributed by atoms with van der Waals surface area (Å²) in [5.74, 6) is 0. The molecule has 3 heterocycles. The van der Waals surface area contributed by atoms with Crippen molar-refractivity contribution in [3.63, 3.8) is 0 Å². The van der Waals surface area contributed by atoms with E-state index in [1.54, 1.807) is 0 Å². The molecular formula is C61H43N3. The lowest BCUT2D eigenvalue weighted by molar-refractivity contribution is 0.632. The molecule has 3 heteroatoms. The number of aromatic nitrogens is 2. The van der Waals surface area contributed by atoms with Gasteiger partial charge in [-0.25, -0.2) is 0 Å². The first-order valence-electron chi connectivity index (χ1n) is 22.3. The van der Waals surface area contributed by atoms with E-state index in [1.807, 2.05) is 0 Å². The summed E-state index contributed by atoms with van der Waals surface area (Å²) in [4.78, 5) is 2.51. The molecule has 12 aromatic rings. The van der Waals surface area contributed by atoms with Gasteiger partial charge in [-0.2, -0.15) is 0 Å². The van der Waals surface area contributed by atoms with Gasteiger partial charge < -0.3 is 14.0 Å². The monoisotopic (exact) mass is 817 g/mol. The Bertz CT molecular complexity index is 3600. The third-order valence-electron chi connectivity index (χ3n) is 13.9. The van der Waals surface area contributed by atoms with Crippen LogP contribution in [-0.2, 0) is 5.41 Å². The molecule has 0 bridgehead atoms. The molecule has 302 valence electrons. The van der Waals surface area contributed by atoms with Crippen LogP contribution in [0.25, 0.3) is 88.0 Å². The van der Waals surface area contributed by atoms with Crippen molar-refractivity contribution in [2.24, 2.45) is 0 Å². The van der Waals surface area contributed by atoms with Crippen LogP contribution in [0, 0.1) is 0 Å². The molecule has 0 saturated carbocycles. The number of fused-ring (bicyclic) bond motifs is 9. The summed E-state index contributed by atoms with van der Waals surface area (Å²) in [6.45, 7) is 4.82. The molecule has 0 N–H and O–H groups in total. The number of rotatable bonds is 5.